The van der Waals surface area contributed by atoms with Gasteiger partial charge in [0.05, 0.1) is 5.75 Å². The minimum absolute atomic E-state index is 0.161. The van der Waals surface area contributed by atoms with Crippen molar-refractivity contribution < 1.29 is 9.53 Å². The summed E-state index contributed by atoms with van der Waals surface area (Å²) in [5.74, 6) is 1.95. The first-order valence-electron chi connectivity index (χ1n) is 11.5. The summed E-state index contributed by atoms with van der Waals surface area (Å²) in [6.45, 7) is 1.97. The Labute approximate surface area is 197 Å². The number of nitrogens with zero attached hydrogens (tertiary/aromatic N) is 5. The summed E-state index contributed by atoms with van der Waals surface area (Å²) in [6.07, 6.45) is 7.25. The number of carbonyl (C=O) groups is 1. The number of hydrogen-bond acceptors (Lipinski definition) is 6. The van der Waals surface area contributed by atoms with Crippen molar-refractivity contribution in [3.05, 3.63) is 59.9 Å². The van der Waals surface area contributed by atoms with Crippen molar-refractivity contribution in [1.29, 1.82) is 0 Å². The summed E-state index contributed by atoms with van der Waals surface area (Å²) in [7, 11) is 0. The van der Waals surface area contributed by atoms with Crippen LogP contribution in [0.4, 0.5) is 5.69 Å². The van der Waals surface area contributed by atoms with Crippen LogP contribution in [-0.4, -0.2) is 50.6 Å². The van der Waals surface area contributed by atoms with Crippen LogP contribution in [0.3, 0.4) is 0 Å². The molecule has 1 fully saturated rings. The van der Waals surface area contributed by atoms with Gasteiger partial charge in [0.25, 0.3) is 0 Å². The zero-order valence-electron chi connectivity index (χ0n) is 18.5. The summed E-state index contributed by atoms with van der Waals surface area (Å²) in [5, 5.41) is 9.51. The molecule has 1 aromatic heterocycles. The number of aromatic nitrogens is 3. The molecule has 0 spiro atoms. The average Bonchev–Trinajstić information content (AvgIpc) is 3.29. The molecule has 170 valence electrons. The molecular formula is C25H27N5O2S. The van der Waals surface area contributed by atoms with Gasteiger partial charge in [0.15, 0.2) is 11.0 Å². The average molecular weight is 462 g/mol. The zero-order chi connectivity index (χ0) is 22.5. The van der Waals surface area contributed by atoms with E-state index in [4.69, 9.17) is 4.74 Å². The maximum Gasteiger partial charge on any atom is 0.233 e. The fourth-order valence-electron chi connectivity index (χ4n) is 4.24. The van der Waals surface area contributed by atoms with Crippen LogP contribution in [-0.2, 0) is 17.8 Å². The molecule has 33 heavy (non-hydrogen) atoms. The number of amides is 1. The Hall–Kier alpha value is -3.13. The van der Waals surface area contributed by atoms with Crippen LogP contribution < -0.4 is 4.74 Å². The van der Waals surface area contributed by atoms with Crippen LogP contribution in [0.1, 0.15) is 37.1 Å². The number of rotatable bonds is 7. The van der Waals surface area contributed by atoms with Crippen LogP contribution in [0.15, 0.2) is 58.7 Å². The van der Waals surface area contributed by atoms with E-state index in [0.29, 0.717) is 16.7 Å². The van der Waals surface area contributed by atoms with Gasteiger partial charge in [0, 0.05) is 25.0 Å². The summed E-state index contributed by atoms with van der Waals surface area (Å²) in [5.41, 5.74) is 3.05. The number of fused-ring (bicyclic) bond motifs is 1. The molecule has 0 aliphatic carbocycles. The van der Waals surface area contributed by atoms with Crippen LogP contribution in [0, 0.1) is 0 Å². The summed E-state index contributed by atoms with van der Waals surface area (Å²) in [6, 6.07) is 16.0. The van der Waals surface area contributed by atoms with E-state index in [-0.39, 0.29) is 12.5 Å². The first-order chi connectivity index (χ1) is 16.3. The maximum absolute atomic E-state index is 12.7. The molecule has 2 aromatic carbocycles. The summed E-state index contributed by atoms with van der Waals surface area (Å²) in [4.78, 5) is 19.2. The maximum atomic E-state index is 12.7. The molecule has 0 radical (unpaired) electrons. The highest BCUT2D eigenvalue weighted by Gasteiger charge is 2.21. The predicted octanol–water partition coefficient (Wildman–Crippen LogP) is 4.60. The van der Waals surface area contributed by atoms with Crippen LogP contribution in [0.2, 0.25) is 0 Å². The third-order valence-corrected chi connectivity index (χ3v) is 6.86. The van der Waals surface area contributed by atoms with Crippen LogP contribution in [0.5, 0.6) is 5.75 Å². The third kappa shape index (κ3) is 4.95. The fraction of sp³-hybridized carbons (Fsp3) is 0.360. The molecule has 2 aliphatic heterocycles. The standard InChI is InChI=1S/C25H27N5O2S/c31-23(29-15-5-2-6-16-29)18-33-25-28-27-22(30(25)20-11-3-1-4-12-20)17-32-21-13-7-9-19-10-8-14-26-24(19)21/h1,3-4,7,9,11-14H,2,5-6,8,10,15-18H2. The second-order valence-corrected chi connectivity index (χ2v) is 9.15. The molecular weight excluding hydrogens is 434 g/mol. The SMILES string of the molecule is O=C(CSc1nnc(COc2cccc3c2N=CCC3)n1-c1ccccc1)N1CCCCC1. The van der Waals surface area contributed by atoms with Gasteiger partial charge in [0.1, 0.15) is 18.0 Å². The Morgan fingerprint density at radius 2 is 1.85 bits per heavy atom. The Morgan fingerprint density at radius 3 is 2.70 bits per heavy atom. The fourth-order valence-corrected chi connectivity index (χ4v) is 5.11. The van der Waals surface area contributed by atoms with Gasteiger partial charge in [-0.05, 0) is 55.9 Å². The van der Waals surface area contributed by atoms with Gasteiger partial charge in [0.2, 0.25) is 5.91 Å². The zero-order valence-corrected chi connectivity index (χ0v) is 19.3. The first kappa shape index (κ1) is 21.7. The van der Waals surface area contributed by atoms with E-state index in [2.05, 4.69) is 21.3 Å². The summed E-state index contributed by atoms with van der Waals surface area (Å²) < 4.78 is 8.14. The van der Waals surface area contributed by atoms with Gasteiger partial charge in [-0.2, -0.15) is 0 Å². The van der Waals surface area contributed by atoms with E-state index in [1.807, 2.05) is 58.1 Å². The molecule has 0 saturated carbocycles. The van der Waals surface area contributed by atoms with Gasteiger partial charge < -0.3 is 9.64 Å². The third-order valence-electron chi connectivity index (χ3n) is 5.95. The Kier molecular flexibility index (Phi) is 6.71. The summed E-state index contributed by atoms with van der Waals surface area (Å²) >= 11 is 1.43. The minimum atomic E-state index is 0.161. The Balaban J connectivity index is 1.35. The van der Waals surface area contributed by atoms with Crippen LogP contribution in [0.25, 0.3) is 5.69 Å². The second-order valence-electron chi connectivity index (χ2n) is 8.20. The van der Waals surface area contributed by atoms with Crippen molar-refractivity contribution in [2.75, 3.05) is 18.8 Å². The lowest BCUT2D eigenvalue weighted by molar-refractivity contribution is -0.129. The van der Waals surface area contributed by atoms with Gasteiger partial charge >= 0.3 is 0 Å². The lowest BCUT2D eigenvalue weighted by Crippen LogP contribution is -2.36. The Bertz CT molecular complexity index is 1140. The molecule has 2 aliphatic rings. The van der Waals surface area contributed by atoms with Crippen molar-refractivity contribution in [2.24, 2.45) is 4.99 Å². The second kappa shape index (κ2) is 10.2. The van der Waals surface area contributed by atoms with Crippen LogP contribution >= 0.6 is 11.8 Å². The monoisotopic (exact) mass is 461 g/mol. The number of likely N-dealkylation sites (tertiary alicyclic amines) is 1. The van der Waals surface area contributed by atoms with E-state index >= 15 is 0 Å². The smallest absolute Gasteiger partial charge is 0.233 e. The topological polar surface area (TPSA) is 72.6 Å². The molecule has 0 bridgehead atoms. The quantitative estimate of drug-likeness (QED) is 0.481. The highest BCUT2D eigenvalue weighted by molar-refractivity contribution is 7.99. The molecule has 3 heterocycles. The van der Waals surface area contributed by atoms with E-state index in [1.165, 1.54) is 23.7 Å². The number of aryl methyl sites for hydroxylation is 1. The molecule has 7 nitrogen and oxygen atoms in total. The molecule has 8 heteroatoms. The van der Waals surface area contributed by atoms with Gasteiger partial charge in [-0.15, -0.1) is 10.2 Å². The number of ether oxygens (including phenoxy) is 1. The number of aliphatic imine (C=N–C) groups is 1. The highest BCUT2D eigenvalue weighted by atomic mass is 32.2. The van der Waals surface area contributed by atoms with Crippen molar-refractivity contribution in [1.82, 2.24) is 19.7 Å². The van der Waals surface area contributed by atoms with E-state index in [1.54, 1.807) is 0 Å². The highest BCUT2D eigenvalue weighted by Crippen LogP contribution is 2.35. The molecule has 5 rings (SSSR count). The van der Waals surface area contributed by atoms with Gasteiger partial charge in [-0.25, -0.2) is 0 Å². The van der Waals surface area contributed by atoms with Gasteiger partial charge in [-0.1, -0.05) is 42.1 Å². The lowest BCUT2D eigenvalue weighted by Gasteiger charge is -2.26. The van der Waals surface area contributed by atoms with E-state index in [0.717, 1.165) is 55.9 Å². The number of para-hydroxylation sites is 2. The molecule has 1 saturated heterocycles. The Morgan fingerprint density at radius 1 is 1.00 bits per heavy atom. The first-order valence-corrected chi connectivity index (χ1v) is 12.5. The lowest BCUT2D eigenvalue weighted by atomic mass is 10.1. The van der Waals surface area contributed by atoms with Crippen molar-refractivity contribution in [3.63, 3.8) is 0 Å². The molecule has 0 atom stereocenters. The molecule has 3 aromatic rings. The van der Waals surface area contributed by atoms with E-state index < -0.39 is 0 Å². The predicted molar refractivity (Wildman–Crippen MR) is 130 cm³/mol. The number of hydrogen-bond donors (Lipinski definition) is 0. The number of thioether (sulfide) groups is 1. The number of benzene rings is 2. The molecule has 0 N–H and O–H groups in total. The molecule has 1 amide bonds. The normalized spacial score (nSPS) is 15.3. The number of piperidine rings is 1. The van der Waals surface area contributed by atoms with Crippen molar-refractivity contribution in [3.8, 4) is 11.4 Å². The largest absolute Gasteiger partial charge is 0.483 e. The van der Waals surface area contributed by atoms with Crippen molar-refractivity contribution in [2.45, 2.75) is 43.9 Å². The van der Waals surface area contributed by atoms with E-state index in [9.17, 15) is 4.79 Å². The van der Waals surface area contributed by atoms with Gasteiger partial charge in [-0.3, -0.25) is 14.4 Å². The molecule has 0 unspecified atom stereocenters. The van der Waals surface area contributed by atoms with Crippen molar-refractivity contribution >= 4 is 29.6 Å². The number of carbonyl (C=O) groups excluding carboxylic acids is 1. The minimum Gasteiger partial charge on any atom is -0.483 e.